The maximum atomic E-state index is 12.3. The van der Waals surface area contributed by atoms with Crippen molar-refractivity contribution >= 4 is 11.9 Å². The molecule has 4 nitrogen and oxygen atoms in total. The molecule has 0 radical (unpaired) electrons. The number of benzene rings is 2. The number of methoxy groups -OCH3 is 2. The molecule has 24 heavy (non-hydrogen) atoms. The molecule has 0 aliphatic carbocycles. The Morgan fingerprint density at radius 1 is 1.04 bits per heavy atom. The van der Waals surface area contributed by atoms with E-state index >= 15 is 0 Å². The van der Waals surface area contributed by atoms with Gasteiger partial charge in [0.05, 0.1) is 14.2 Å². The largest absolute Gasteiger partial charge is 0.502 e. The average molecular weight is 326 g/mol. The molecule has 2 aromatic rings. The van der Waals surface area contributed by atoms with Crippen LogP contribution in [0.2, 0.25) is 0 Å². The Bertz CT molecular complexity index is 718. The first-order valence-corrected chi connectivity index (χ1v) is 7.73. The van der Waals surface area contributed by atoms with E-state index in [0.29, 0.717) is 28.5 Å². The molecule has 0 aliphatic rings. The van der Waals surface area contributed by atoms with Gasteiger partial charge in [-0.15, -0.1) is 0 Å². The lowest BCUT2D eigenvalue weighted by Crippen LogP contribution is -1.96. The second-order valence-corrected chi connectivity index (χ2v) is 5.75. The topological polar surface area (TPSA) is 55.8 Å². The van der Waals surface area contributed by atoms with Gasteiger partial charge in [-0.1, -0.05) is 44.2 Å². The number of hydrogen-bond donors (Lipinski definition) is 1. The van der Waals surface area contributed by atoms with Crippen molar-refractivity contribution in [2.45, 2.75) is 19.8 Å². The fourth-order valence-electron chi connectivity index (χ4n) is 2.31. The van der Waals surface area contributed by atoms with E-state index in [1.165, 1.54) is 25.9 Å². The maximum absolute atomic E-state index is 12.3. The molecule has 4 heteroatoms. The van der Waals surface area contributed by atoms with Crippen LogP contribution >= 0.6 is 0 Å². The summed E-state index contributed by atoms with van der Waals surface area (Å²) < 4.78 is 10.2. The third-order valence-electron chi connectivity index (χ3n) is 3.79. The Labute approximate surface area is 142 Å². The fourth-order valence-corrected chi connectivity index (χ4v) is 2.31. The second-order valence-electron chi connectivity index (χ2n) is 5.75. The molecule has 0 bridgehead atoms. The molecule has 0 amide bonds. The number of carbonyl (C=O) groups excluding carboxylic acids is 1. The number of aromatic hydroxyl groups is 1. The third kappa shape index (κ3) is 3.96. The third-order valence-corrected chi connectivity index (χ3v) is 3.79. The molecule has 0 fully saturated rings. The molecule has 2 aromatic carbocycles. The summed E-state index contributed by atoms with van der Waals surface area (Å²) in [5, 5.41) is 9.90. The number of carbonyl (C=O) groups is 1. The van der Waals surface area contributed by atoms with Gasteiger partial charge in [-0.3, -0.25) is 4.79 Å². The minimum Gasteiger partial charge on any atom is -0.502 e. The van der Waals surface area contributed by atoms with Crippen molar-refractivity contribution in [2.24, 2.45) is 0 Å². The highest BCUT2D eigenvalue weighted by atomic mass is 16.5. The summed E-state index contributed by atoms with van der Waals surface area (Å²) in [4.78, 5) is 12.3. The minimum absolute atomic E-state index is 0.0623. The molecular formula is C20H22O4. The van der Waals surface area contributed by atoms with Crippen LogP contribution in [0.4, 0.5) is 0 Å². The summed E-state index contributed by atoms with van der Waals surface area (Å²) in [6.45, 7) is 4.23. The van der Waals surface area contributed by atoms with Crippen LogP contribution in [0.5, 0.6) is 17.2 Å². The molecule has 126 valence electrons. The van der Waals surface area contributed by atoms with E-state index in [1.807, 2.05) is 24.3 Å². The van der Waals surface area contributed by atoms with Gasteiger partial charge < -0.3 is 14.6 Å². The Hall–Kier alpha value is -2.75. The van der Waals surface area contributed by atoms with Crippen LogP contribution in [0.25, 0.3) is 6.08 Å². The van der Waals surface area contributed by atoms with Crippen LogP contribution in [-0.4, -0.2) is 25.1 Å². The maximum Gasteiger partial charge on any atom is 0.200 e. The lowest BCUT2D eigenvalue weighted by molar-refractivity contribution is 0.104. The zero-order valence-corrected chi connectivity index (χ0v) is 14.4. The first-order valence-electron chi connectivity index (χ1n) is 7.73. The second kappa shape index (κ2) is 7.68. The van der Waals surface area contributed by atoms with Crippen LogP contribution in [-0.2, 0) is 0 Å². The van der Waals surface area contributed by atoms with E-state index in [1.54, 1.807) is 18.2 Å². The summed E-state index contributed by atoms with van der Waals surface area (Å²) in [6, 6.07) is 10.9. The zero-order valence-electron chi connectivity index (χ0n) is 14.4. The molecule has 0 heterocycles. The Kier molecular flexibility index (Phi) is 5.64. The van der Waals surface area contributed by atoms with E-state index in [9.17, 15) is 9.90 Å². The molecule has 0 aromatic heterocycles. The number of rotatable bonds is 6. The minimum atomic E-state index is -0.0867. The highest BCUT2D eigenvalue weighted by Gasteiger charge is 2.10. The zero-order chi connectivity index (χ0) is 17.7. The van der Waals surface area contributed by atoms with E-state index in [0.717, 1.165) is 0 Å². The lowest BCUT2D eigenvalue weighted by atomic mass is 10.0. The molecule has 1 N–H and O–H groups in total. The highest BCUT2D eigenvalue weighted by Crippen LogP contribution is 2.37. The Balaban J connectivity index is 2.22. The number of hydrogen-bond acceptors (Lipinski definition) is 4. The van der Waals surface area contributed by atoms with Gasteiger partial charge in [0.2, 0.25) is 5.75 Å². The van der Waals surface area contributed by atoms with E-state index in [-0.39, 0.29) is 11.5 Å². The van der Waals surface area contributed by atoms with Gasteiger partial charge in [-0.25, -0.2) is 0 Å². The van der Waals surface area contributed by atoms with Gasteiger partial charge >= 0.3 is 0 Å². The van der Waals surface area contributed by atoms with E-state index < -0.39 is 0 Å². The van der Waals surface area contributed by atoms with Crippen molar-refractivity contribution in [3.63, 3.8) is 0 Å². The van der Waals surface area contributed by atoms with Crippen molar-refractivity contribution in [3.8, 4) is 17.2 Å². The Morgan fingerprint density at radius 2 is 1.58 bits per heavy atom. The predicted molar refractivity (Wildman–Crippen MR) is 95.1 cm³/mol. The molecule has 2 rings (SSSR count). The van der Waals surface area contributed by atoms with E-state index in [2.05, 4.69) is 13.8 Å². The van der Waals surface area contributed by atoms with Crippen molar-refractivity contribution in [2.75, 3.05) is 14.2 Å². The van der Waals surface area contributed by atoms with Gasteiger partial charge in [0.1, 0.15) is 0 Å². The summed E-state index contributed by atoms with van der Waals surface area (Å²) >= 11 is 0. The van der Waals surface area contributed by atoms with Crippen molar-refractivity contribution in [1.29, 1.82) is 0 Å². The van der Waals surface area contributed by atoms with Gasteiger partial charge in [-0.05, 0) is 35.3 Å². The molecular weight excluding hydrogens is 304 g/mol. The first-order chi connectivity index (χ1) is 11.5. The smallest absolute Gasteiger partial charge is 0.200 e. The van der Waals surface area contributed by atoms with Gasteiger partial charge in [-0.2, -0.15) is 0 Å². The molecule has 0 unspecified atom stereocenters. The summed E-state index contributed by atoms with van der Waals surface area (Å²) in [7, 11) is 2.92. The molecule has 0 saturated carbocycles. The number of ketones is 1. The van der Waals surface area contributed by atoms with Crippen molar-refractivity contribution < 1.29 is 19.4 Å². The lowest BCUT2D eigenvalue weighted by Gasteiger charge is -2.09. The standard InChI is InChI=1S/C20H22O4/c1-13(2)15-6-8-16(9-7-15)17(21)10-5-14-11-18(23-3)20(22)19(12-14)24-4/h5-13,22H,1-4H3. The quantitative estimate of drug-likeness (QED) is 0.630. The van der Waals surface area contributed by atoms with E-state index in [4.69, 9.17) is 9.47 Å². The first kappa shape index (κ1) is 17.6. The van der Waals surface area contributed by atoms with Crippen LogP contribution < -0.4 is 9.47 Å². The van der Waals surface area contributed by atoms with Crippen molar-refractivity contribution in [3.05, 3.63) is 59.2 Å². The summed E-state index contributed by atoms with van der Waals surface area (Å²) in [6.07, 6.45) is 3.17. The van der Waals surface area contributed by atoms with Gasteiger partial charge in [0.15, 0.2) is 17.3 Å². The molecule has 0 atom stereocenters. The number of phenolic OH excluding ortho intramolecular Hbond substituents is 1. The van der Waals surface area contributed by atoms with Gasteiger partial charge in [0, 0.05) is 5.56 Å². The normalized spacial score (nSPS) is 11.0. The molecule has 0 aliphatic heterocycles. The van der Waals surface area contributed by atoms with Gasteiger partial charge in [0.25, 0.3) is 0 Å². The predicted octanol–water partition coefficient (Wildman–Crippen LogP) is 4.43. The number of phenols is 1. The number of allylic oxidation sites excluding steroid dienone is 1. The van der Waals surface area contributed by atoms with Crippen LogP contribution in [0.1, 0.15) is 41.3 Å². The van der Waals surface area contributed by atoms with Crippen LogP contribution in [0.3, 0.4) is 0 Å². The fraction of sp³-hybridized carbons (Fsp3) is 0.250. The van der Waals surface area contributed by atoms with Crippen molar-refractivity contribution in [1.82, 2.24) is 0 Å². The summed E-state index contributed by atoms with van der Waals surface area (Å²) in [5.74, 6) is 0.871. The van der Waals surface area contributed by atoms with Crippen LogP contribution in [0, 0.1) is 0 Å². The van der Waals surface area contributed by atoms with Crippen LogP contribution in [0.15, 0.2) is 42.5 Å². The molecule has 0 saturated heterocycles. The monoisotopic (exact) mass is 326 g/mol. The number of ether oxygens (including phenoxy) is 2. The summed E-state index contributed by atoms with van der Waals surface area (Å²) in [5.41, 5.74) is 2.53. The Morgan fingerprint density at radius 3 is 2.04 bits per heavy atom. The average Bonchev–Trinajstić information content (AvgIpc) is 2.60. The molecule has 0 spiro atoms. The highest BCUT2D eigenvalue weighted by molar-refractivity contribution is 6.06. The SMILES string of the molecule is COc1cc(C=CC(=O)c2ccc(C(C)C)cc2)cc(OC)c1O.